The molecule has 0 aliphatic carbocycles. The minimum absolute atomic E-state index is 0.814. The van der Waals surface area contributed by atoms with Crippen molar-refractivity contribution in [1.29, 1.82) is 0 Å². The summed E-state index contributed by atoms with van der Waals surface area (Å²) in [5.74, 6) is 0. The number of nitrogen functional groups attached to an aromatic ring is 2. The largest absolute Gasteiger partial charge is 0.399 e. The predicted octanol–water partition coefficient (Wildman–Crippen LogP) is 4.03. The van der Waals surface area contributed by atoms with Crippen molar-refractivity contribution in [2.45, 2.75) is 12.8 Å². The van der Waals surface area contributed by atoms with Crippen LogP contribution in [0.3, 0.4) is 0 Å². The van der Waals surface area contributed by atoms with Gasteiger partial charge in [0, 0.05) is 11.4 Å². The highest BCUT2D eigenvalue weighted by Crippen LogP contribution is 2.18. The van der Waals surface area contributed by atoms with Crippen molar-refractivity contribution in [2.75, 3.05) is 11.5 Å². The molecule has 0 spiro atoms. The Morgan fingerprint density at radius 1 is 0.591 bits per heavy atom. The molecule has 3 aromatic carbocycles. The molecule has 0 unspecified atom stereocenters. The van der Waals surface area contributed by atoms with Crippen LogP contribution in [-0.4, -0.2) is 0 Å². The lowest BCUT2D eigenvalue weighted by Gasteiger charge is -2.07. The van der Waals surface area contributed by atoms with Crippen LogP contribution in [0.5, 0.6) is 0 Å². The highest BCUT2D eigenvalue weighted by atomic mass is 14.6. The van der Waals surface area contributed by atoms with Crippen LogP contribution in [0, 0.1) is 0 Å². The zero-order chi connectivity index (χ0) is 15.4. The van der Waals surface area contributed by atoms with E-state index in [9.17, 15) is 0 Å². The highest BCUT2D eigenvalue weighted by Gasteiger charge is 2.01. The van der Waals surface area contributed by atoms with E-state index in [1.54, 1.807) is 0 Å². The predicted molar refractivity (Wildman–Crippen MR) is 93.8 cm³/mol. The summed E-state index contributed by atoms with van der Waals surface area (Å²) in [6.45, 7) is 0. The number of anilines is 2. The van der Waals surface area contributed by atoms with E-state index in [0.717, 1.165) is 24.2 Å². The lowest BCUT2D eigenvalue weighted by Crippen LogP contribution is -1.96. The molecular weight excluding hydrogens is 268 g/mol. The molecule has 2 heteroatoms. The van der Waals surface area contributed by atoms with Crippen LogP contribution in [0.2, 0.25) is 0 Å². The van der Waals surface area contributed by atoms with E-state index in [1.807, 2.05) is 36.4 Å². The van der Waals surface area contributed by atoms with Crippen molar-refractivity contribution in [1.82, 2.24) is 0 Å². The summed E-state index contributed by atoms with van der Waals surface area (Å²) in [5.41, 5.74) is 18.5. The highest BCUT2D eigenvalue weighted by molar-refractivity contribution is 5.48. The first kappa shape index (κ1) is 14.2. The summed E-state index contributed by atoms with van der Waals surface area (Å²) in [6.07, 6.45) is 1.77. The fraction of sp³-hybridized carbons (Fsp3) is 0.100. The molecule has 0 fully saturated rings. The average molecular weight is 288 g/mol. The van der Waals surface area contributed by atoms with Crippen LogP contribution in [0.25, 0.3) is 0 Å². The summed E-state index contributed by atoms with van der Waals surface area (Å²) in [7, 11) is 0. The number of hydrogen-bond acceptors (Lipinski definition) is 2. The van der Waals surface area contributed by atoms with E-state index in [1.165, 1.54) is 22.3 Å². The van der Waals surface area contributed by atoms with Gasteiger partial charge in [-0.1, -0.05) is 54.6 Å². The molecule has 0 saturated heterocycles. The van der Waals surface area contributed by atoms with E-state index in [0.29, 0.717) is 0 Å². The molecule has 0 aliphatic rings. The summed E-state index contributed by atoms with van der Waals surface area (Å²) in [6, 6.07) is 24.8. The SMILES string of the molecule is Nc1cccc(Cc2ccc(Cc3ccccc3N)cc2)c1. The Balaban J connectivity index is 1.72. The molecule has 0 saturated carbocycles. The number of rotatable bonds is 4. The molecule has 3 rings (SSSR count). The third kappa shape index (κ3) is 3.47. The van der Waals surface area contributed by atoms with Gasteiger partial charge in [-0.05, 0) is 53.3 Å². The molecule has 0 radical (unpaired) electrons. The number of benzene rings is 3. The second kappa shape index (κ2) is 6.35. The van der Waals surface area contributed by atoms with Crippen LogP contribution < -0.4 is 11.5 Å². The van der Waals surface area contributed by atoms with Gasteiger partial charge in [-0.25, -0.2) is 0 Å². The maximum Gasteiger partial charge on any atom is 0.0349 e. The standard InChI is InChI=1S/C20H20N2/c21-19-6-3-4-17(14-19)12-15-8-10-16(11-9-15)13-18-5-1-2-7-20(18)22/h1-11,14H,12-13,21-22H2. The van der Waals surface area contributed by atoms with Gasteiger partial charge in [-0.15, -0.1) is 0 Å². The maximum atomic E-state index is 6.00. The molecule has 0 aliphatic heterocycles. The minimum atomic E-state index is 0.814. The monoisotopic (exact) mass is 288 g/mol. The van der Waals surface area contributed by atoms with Gasteiger partial charge in [0.05, 0.1) is 0 Å². The Morgan fingerprint density at radius 2 is 1.27 bits per heavy atom. The fourth-order valence-corrected chi connectivity index (χ4v) is 2.63. The smallest absolute Gasteiger partial charge is 0.0349 e. The van der Waals surface area contributed by atoms with Crippen LogP contribution >= 0.6 is 0 Å². The summed E-state index contributed by atoms with van der Waals surface area (Å²) >= 11 is 0. The lowest BCUT2D eigenvalue weighted by atomic mass is 9.99. The van der Waals surface area contributed by atoms with Gasteiger partial charge in [0.2, 0.25) is 0 Å². The molecule has 0 bridgehead atoms. The van der Waals surface area contributed by atoms with Gasteiger partial charge in [0.25, 0.3) is 0 Å². The maximum absolute atomic E-state index is 6.00. The third-order valence-electron chi connectivity index (χ3n) is 3.83. The van der Waals surface area contributed by atoms with E-state index in [2.05, 4.69) is 36.4 Å². The minimum Gasteiger partial charge on any atom is -0.399 e. The number of hydrogen-bond donors (Lipinski definition) is 2. The molecule has 0 amide bonds. The Hall–Kier alpha value is -2.74. The first-order valence-corrected chi connectivity index (χ1v) is 7.46. The second-order valence-corrected chi connectivity index (χ2v) is 5.61. The summed E-state index contributed by atoms with van der Waals surface area (Å²) in [5, 5.41) is 0. The van der Waals surface area contributed by atoms with Gasteiger partial charge >= 0.3 is 0 Å². The molecular formula is C20H20N2. The van der Waals surface area contributed by atoms with E-state index >= 15 is 0 Å². The molecule has 2 nitrogen and oxygen atoms in total. The van der Waals surface area contributed by atoms with E-state index in [-0.39, 0.29) is 0 Å². The van der Waals surface area contributed by atoms with Gasteiger partial charge in [0.15, 0.2) is 0 Å². The zero-order valence-electron chi connectivity index (χ0n) is 12.5. The summed E-state index contributed by atoms with van der Waals surface area (Å²) in [4.78, 5) is 0. The van der Waals surface area contributed by atoms with Crippen molar-refractivity contribution >= 4 is 11.4 Å². The molecule has 3 aromatic rings. The van der Waals surface area contributed by atoms with Crippen molar-refractivity contribution < 1.29 is 0 Å². The fourth-order valence-electron chi connectivity index (χ4n) is 2.63. The number of nitrogens with two attached hydrogens (primary N) is 2. The zero-order valence-corrected chi connectivity index (χ0v) is 12.5. The summed E-state index contributed by atoms with van der Waals surface area (Å²) < 4.78 is 0. The van der Waals surface area contributed by atoms with Gasteiger partial charge in [-0.3, -0.25) is 0 Å². The molecule has 0 atom stereocenters. The van der Waals surface area contributed by atoms with Gasteiger partial charge in [-0.2, -0.15) is 0 Å². The van der Waals surface area contributed by atoms with Gasteiger partial charge in [0.1, 0.15) is 0 Å². The Bertz CT molecular complexity index is 761. The molecule has 110 valence electrons. The van der Waals surface area contributed by atoms with Crippen molar-refractivity contribution in [2.24, 2.45) is 0 Å². The third-order valence-corrected chi connectivity index (χ3v) is 3.83. The Labute approximate surface area is 131 Å². The van der Waals surface area contributed by atoms with Crippen LogP contribution in [-0.2, 0) is 12.8 Å². The topological polar surface area (TPSA) is 52.0 Å². The average Bonchev–Trinajstić information content (AvgIpc) is 2.52. The Kier molecular flexibility index (Phi) is 4.10. The number of para-hydroxylation sites is 1. The molecule has 4 N–H and O–H groups in total. The molecule has 0 heterocycles. The Morgan fingerprint density at radius 3 is 1.95 bits per heavy atom. The lowest BCUT2D eigenvalue weighted by molar-refractivity contribution is 1.15. The van der Waals surface area contributed by atoms with Crippen molar-refractivity contribution in [3.63, 3.8) is 0 Å². The quantitative estimate of drug-likeness (QED) is 0.712. The van der Waals surface area contributed by atoms with Crippen molar-refractivity contribution in [3.8, 4) is 0 Å². The van der Waals surface area contributed by atoms with Crippen molar-refractivity contribution in [3.05, 3.63) is 95.1 Å². The van der Waals surface area contributed by atoms with Gasteiger partial charge < -0.3 is 11.5 Å². The van der Waals surface area contributed by atoms with Crippen LogP contribution in [0.1, 0.15) is 22.3 Å². The van der Waals surface area contributed by atoms with E-state index in [4.69, 9.17) is 11.5 Å². The first-order chi connectivity index (χ1) is 10.7. The van der Waals surface area contributed by atoms with Crippen LogP contribution in [0.4, 0.5) is 11.4 Å². The van der Waals surface area contributed by atoms with Crippen LogP contribution in [0.15, 0.2) is 72.8 Å². The van der Waals surface area contributed by atoms with E-state index < -0.39 is 0 Å². The first-order valence-electron chi connectivity index (χ1n) is 7.46. The molecule has 0 aromatic heterocycles. The molecule has 22 heavy (non-hydrogen) atoms. The second-order valence-electron chi connectivity index (χ2n) is 5.61. The normalized spacial score (nSPS) is 10.5.